The molecule has 0 aliphatic carbocycles. The number of nitrogens with one attached hydrogen (secondary N) is 1. The second-order valence-electron chi connectivity index (χ2n) is 5.22. The fourth-order valence-electron chi connectivity index (χ4n) is 2.56. The molecule has 1 aromatic rings. The lowest BCUT2D eigenvalue weighted by atomic mass is 10.0. The number of carbonyl (C=O) groups excluding carboxylic acids is 1. The molecule has 1 amide bonds. The molecular weight excluding hydrogens is 309 g/mol. The number of likely N-dealkylation sites (tertiary alicyclic amines) is 1. The van der Waals surface area contributed by atoms with Crippen molar-refractivity contribution in [1.29, 1.82) is 0 Å². The zero-order valence-electron chi connectivity index (χ0n) is 12.4. The van der Waals surface area contributed by atoms with Gasteiger partial charge in [0.15, 0.2) is 0 Å². The Kier molecular flexibility index (Phi) is 9.42. The van der Waals surface area contributed by atoms with Crippen LogP contribution in [0.15, 0.2) is 24.3 Å². The van der Waals surface area contributed by atoms with E-state index in [1.54, 1.807) is 0 Å². The van der Waals surface area contributed by atoms with Crippen LogP contribution in [0, 0.1) is 0 Å². The SMILES string of the molecule is CCN1CCCC(NC(=O)Cc2ccc(N)cc2)C1.Cl.Cl. The van der Waals surface area contributed by atoms with E-state index in [4.69, 9.17) is 5.73 Å². The van der Waals surface area contributed by atoms with E-state index < -0.39 is 0 Å². The number of nitrogens with zero attached hydrogens (tertiary/aromatic N) is 1. The summed E-state index contributed by atoms with van der Waals surface area (Å²) in [5.41, 5.74) is 7.37. The average molecular weight is 334 g/mol. The third kappa shape index (κ3) is 6.55. The molecule has 2 rings (SSSR count). The van der Waals surface area contributed by atoms with E-state index in [0.29, 0.717) is 12.5 Å². The molecule has 1 aromatic carbocycles. The van der Waals surface area contributed by atoms with Gasteiger partial charge in [-0.15, -0.1) is 24.8 Å². The van der Waals surface area contributed by atoms with Crippen LogP contribution < -0.4 is 11.1 Å². The van der Waals surface area contributed by atoms with Crippen molar-refractivity contribution >= 4 is 36.4 Å². The van der Waals surface area contributed by atoms with Gasteiger partial charge in [-0.05, 0) is 43.6 Å². The maximum absolute atomic E-state index is 12.0. The first-order chi connectivity index (χ1) is 9.17. The fraction of sp³-hybridized carbons (Fsp3) is 0.533. The van der Waals surface area contributed by atoms with Crippen molar-refractivity contribution in [2.75, 3.05) is 25.4 Å². The van der Waals surface area contributed by atoms with Gasteiger partial charge in [-0.2, -0.15) is 0 Å². The van der Waals surface area contributed by atoms with E-state index in [0.717, 1.165) is 37.3 Å². The van der Waals surface area contributed by atoms with Gasteiger partial charge in [-0.25, -0.2) is 0 Å². The standard InChI is InChI=1S/C15H23N3O.2ClH/c1-2-18-9-3-4-14(11-18)17-15(19)10-12-5-7-13(16)8-6-12;;/h5-8,14H,2-4,9-11,16H2,1H3,(H,17,19);2*1H. The first-order valence-electron chi connectivity index (χ1n) is 7.03. The minimum absolute atomic E-state index is 0. The summed E-state index contributed by atoms with van der Waals surface area (Å²) in [6, 6.07) is 7.79. The molecule has 6 heteroatoms. The maximum atomic E-state index is 12.0. The number of nitrogen functional groups attached to an aromatic ring is 1. The summed E-state index contributed by atoms with van der Waals surface area (Å²) >= 11 is 0. The van der Waals surface area contributed by atoms with Crippen LogP contribution >= 0.6 is 24.8 Å². The Labute approximate surface area is 139 Å². The molecule has 0 aromatic heterocycles. The van der Waals surface area contributed by atoms with E-state index in [2.05, 4.69) is 17.1 Å². The van der Waals surface area contributed by atoms with E-state index in [1.807, 2.05) is 24.3 Å². The summed E-state index contributed by atoms with van der Waals surface area (Å²) in [6.45, 7) is 5.35. The van der Waals surface area contributed by atoms with Gasteiger partial charge in [0.2, 0.25) is 5.91 Å². The van der Waals surface area contributed by atoms with Crippen LogP contribution in [-0.2, 0) is 11.2 Å². The minimum Gasteiger partial charge on any atom is -0.399 e. The van der Waals surface area contributed by atoms with Crippen LogP contribution in [0.4, 0.5) is 5.69 Å². The van der Waals surface area contributed by atoms with Crippen LogP contribution in [0.5, 0.6) is 0 Å². The van der Waals surface area contributed by atoms with Crippen molar-refractivity contribution in [3.05, 3.63) is 29.8 Å². The molecule has 1 unspecified atom stereocenters. The van der Waals surface area contributed by atoms with Gasteiger partial charge in [0, 0.05) is 18.3 Å². The quantitative estimate of drug-likeness (QED) is 0.831. The number of halogens is 2. The Morgan fingerprint density at radius 2 is 2.00 bits per heavy atom. The highest BCUT2D eigenvalue weighted by Gasteiger charge is 2.20. The lowest BCUT2D eigenvalue weighted by Crippen LogP contribution is -2.47. The number of carbonyl (C=O) groups is 1. The van der Waals surface area contributed by atoms with E-state index >= 15 is 0 Å². The Hall–Kier alpha value is -0.970. The highest BCUT2D eigenvalue weighted by atomic mass is 35.5. The molecular formula is C15H25Cl2N3O. The molecule has 0 bridgehead atoms. The molecule has 1 fully saturated rings. The predicted molar refractivity (Wildman–Crippen MR) is 92.3 cm³/mol. The topological polar surface area (TPSA) is 58.4 Å². The number of benzene rings is 1. The average Bonchev–Trinajstić information content (AvgIpc) is 2.41. The number of anilines is 1. The van der Waals surface area contributed by atoms with Crippen molar-refractivity contribution in [2.45, 2.75) is 32.2 Å². The van der Waals surface area contributed by atoms with Crippen LogP contribution in [-0.4, -0.2) is 36.5 Å². The Morgan fingerprint density at radius 3 is 2.62 bits per heavy atom. The summed E-state index contributed by atoms with van der Waals surface area (Å²) in [5, 5.41) is 3.13. The Bertz CT molecular complexity index is 425. The van der Waals surface area contributed by atoms with E-state index in [9.17, 15) is 4.79 Å². The molecule has 1 heterocycles. The molecule has 0 saturated carbocycles. The smallest absolute Gasteiger partial charge is 0.224 e. The number of hydrogen-bond donors (Lipinski definition) is 2. The van der Waals surface area contributed by atoms with Gasteiger partial charge < -0.3 is 16.0 Å². The van der Waals surface area contributed by atoms with Crippen molar-refractivity contribution in [3.63, 3.8) is 0 Å². The molecule has 1 saturated heterocycles. The van der Waals surface area contributed by atoms with Crippen molar-refractivity contribution in [2.24, 2.45) is 0 Å². The zero-order chi connectivity index (χ0) is 13.7. The first-order valence-corrected chi connectivity index (χ1v) is 7.03. The van der Waals surface area contributed by atoms with Crippen LogP contribution in [0.2, 0.25) is 0 Å². The molecule has 0 spiro atoms. The third-order valence-electron chi connectivity index (χ3n) is 3.66. The van der Waals surface area contributed by atoms with Crippen LogP contribution in [0.3, 0.4) is 0 Å². The van der Waals surface area contributed by atoms with Gasteiger partial charge in [0.05, 0.1) is 6.42 Å². The van der Waals surface area contributed by atoms with Crippen molar-refractivity contribution in [3.8, 4) is 0 Å². The fourth-order valence-corrected chi connectivity index (χ4v) is 2.56. The lowest BCUT2D eigenvalue weighted by Gasteiger charge is -2.32. The van der Waals surface area contributed by atoms with Gasteiger partial charge in [0.1, 0.15) is 0 Å². The second kappa shape index (κ2) is 9.87. The predicted octanol–water partition coefficient (Wildman–Crippen LogP) is 2.26. The van der Waals surface area contributed by atoms with Gasteiger partial charge in [-0.1, -0.05) is 19.1 Å². The van der Waals surface area contributed by atoms with Crippen LogP contribution in [0.1, 0.15) is 25.3 Å². The van der Waals surface area contributed by atoms with E-state index in [-0.39, 0.29) is 30.7 Å². The Balaban J connectivity index is 0.00000200. The Morgan fingerprint density at radius 1 is 1.33 bits per heavy atom. The van der Waals surface area contributed by atoms with E-state index in [1.165, 1.54) is 6.42 Å². The molecule has 1 aliphatic heterocycles. The second-order valence-corrected chi connectivity index (χ2v) is 5.22. The summed E-state index contributed by atoms with van der Waals surface area (Å²) < 4.78 is 0. The highest BCUT2D eigenvalue weighted by molar-refractivity contribution is 5.85. The summed E-state index contributed by atoms with van der Waals surface area (Å²) in [7, 11) is 0. The number of amides is 1. The third-order valence-corrected chi connectivity index (χ3v) is 3.66. The minimum atomic E-state index is 0. The normalized spacial score (nSPS) is 18.2. The lowest BCUT2D eigenvalue weighted by molar-refractivity contribution is -0.121. The molecule has 4 nitrogen and oxygen atoms in total. The monoisotopic (exact) mass is 333 g/mol. The number of rotatable bonds is 4. The summed E-state index contributed by atoms with van der Waals surface area (Å²) in [4.78, 5) is 14.4. The largest absolute Gasteiger partial charge is 0.399 e. The molecule has 0 radical (unpaired) electrons. The number of likely N-dealkylation sites (N-methyl/N-ethyl adjacent to an activating group) is 1. The van der Waals surface area contributed by atoms with Gasteiger partial charge in [-0.3, -0.25) is 4.79 Å². The maximum Gasteiger partial charge on any atom is 0.224 e. The van der Waals surface area contributed by atoms with Crippen LogP contribution in [0.25, 0.3) is 0 Å². The number of hydrogen-bond acceptors (Lipinski definition) is 3. The summed E-state index contributed by atoms with van der Waals surface area (Å²) in [5.74, 6) is 0.104. The van der Waals surface area contributed by atoms with Crippen molar-refractivity contribution in [1.82, 2.24) is 10.2 Å². The zero-order valence-corrected chi connectivity index (χ0v) is 14.0. The molecule has 3 N–H and O–H groups in total. The highest BCUT2D eigenvalue weighted by Crippen LogP contribution is 2.10. The molecule has 120 valence electrons. The molecule has 21 heavy (non-hydrogen) atoms. The van der Waals surface area contributed by atoms with Gasteiger partial charge >= 0.3 is 0 Å². The summed E-state index contributed by atoms with van der Waals surface area (Å²) in [6.07, 6.45) is 2.69. The van der Waals surface area contributed by atoms with Crippen molar-refractivity contribution < 1.29 is 4.79 Å². The first kappa shape index (κ1) is 20.0. The molecule has 1 aliphatic rings. The number of piperidine rings is 1. The molecule has 1 atom stereocenters. The van der Waals surface area contributed by atoms with Gasteiger partial charge in [0.25, 0.3) is 0 Å². The number of nitrogens with two attached hydrogens (primary N) is 1.